The highest BCUT2D eigenvalue weighted by atomic mass is 13.8. The van der Waals surface area contributed by atoms with E-state index in [1.165, 1.54) is 5.56 Å². The lowest BCUT2D eigenvalue weighted by Crippen LogP contribution is -1.63. The summed E-state index contributed by atoms with van der Waals surface area (Å²) >= 11 is 0. The SMILES string of the molecule is C=CC.C=CC(=C)C.C=CC=C.C=Cc1ccccc1. The highest BCUT2D eigenvalue weighted by Crippen LogP contribution is 1.97. The molecule has 0 aliphatic carbocycles. The van der Waals surface area contributed by atoms with Crippen LogP contribution < -0.4 is 0 Å². The molecule has 0 aromatic heterocycles. The third-order valence-corrected chi connectivity index (χ3v) is 1.55. The predicted molar refractivity (Wildman–Crippen MR) is 97.8 cm³/mol. The monoisotopic (exact) mass is 268 g/mol. The van der Waals surface area contributed by atoms with Gasteiger partial charge in [-0.25, -0.2) is 0 Å². The zero-order valence-electron chi connectivity index (χ0n) is 13.0. The molecule has 0 radical (unpaired) electrons. The van der Waals surface area contributed by atoms with E-state index in [0.717, 1.165) is 5.57 Å². The van der Waals surface area contributed by atoms with Crippen molar-refractivity contribution in [1.29, 1.82) is 0 Å². The lowest BCUT2D eigenvalue weighted by Gasteiger charge is -1.85. The molecule has 0 heteroatoms. The number of hydrogen-bond donors (Lipinski definition) is 0. The van der Waals surface area contributed by atoms with Gasteiger partial charge < -0.3 is 0 Å². The van der Waals surface area contributed by atoms with Gasteiger partial charge in [-0.1, -0.05) is 99.2 Å². The second kappa shape index (κ2) is 21.9. The first-order chi connectivity index (χ1) is 9.53. The van der Waals surface area contributed by atoms with Crippen LogP contribution in [0.2, 0.25) is 0 Å². The van der Waals surface area contributed by atoms with Crippen LogP contribution in [-0.2, 0) is 0 Å². The van der Waals surface area contributed by atoms with E-state index in [9.17, 15) is 0 Å². The van der Waals surface area contributed by atoms with Crippen LogP contribution in [0.4, 0.5) is 0 Å². The fourth-order valence-corrected chi connectivity index (χ4v) is 0.589. The number of benzene rings is 1. The number of allylic oxidation sites excluding steroid dienone is 5. The van der Waals surface area contributed by atoms with Crippen LogP contribution >= 0.6 is 0 Å². The summed E-state index contributed by atoms with van der Waals surface area (Å²) < 4.78 is 0. The Morgan fingerprint density at radius 3 is 1.40 bits per heavy atom. The van der Waals surface area contributed by atoms with Gasteiger partial charge in [0.1, 0.15) is 0 Å². The second-order valence-corrected chi connectivity index (χ2v) is 3.54. The Morgan fingerprint density at radius 1 is 0.900 bits per heavy atom. The van der Waals surface area contributed by atoms with Crippen molar-refractivity contribution in [2.75, 3.05) is 0 Å². The maximum Gasteiger partial charge on any atom is -0.0263 e. The molecular formula is C20H28. The Kier molecular flexibility index (Phi) is 25.0. The zero-order valence-corrected chi connectivity index (χ0v) is 13.0. The van der Waals surface area contributed by atoms with Crippen molar-refractivity contribution in [2.45, 2.75) is 13.8 Å². The van der Waals surface area contributed by atoms with E-state index >= 15 is 0 Å². The summed E-state index contributed by atoms with van der Waals surface area (Å²) in [5.41, 5.74) is 2.19. The highest BCUT2D eigenvalue weighted by Gasteiger charge is 1.75. The van der Waals surface area contributed by atoms with E-state index in [4.69, 9.17) is 0 Å². The molecule has 0 N–H and O–H groups in total. The minimum absolute atomic E-state index is 1.02. The molecule has 1 aromatic rings. The predicted octanol–water partition coefficient (Wildman–Crippen LogP) is 6.63. The van der Waals surface area contributed by atoms with Crippen LogP contribution in [0.15, 0.2) is 99.7 Å². The lowest BCUT2D eigenvalue weighted by atomic mass is 10.2. The Balaban J connectivity index is -0.000000211. The first-order valence-electron chi connectivity index (χ1n) is 6.29. The Morgan fingerprint density at radius 2 is 1.25 bits per heavy atom. The quantitative estimate of drug-likeness (QED) is 0.426. The summed E-state index contributed by atoms with van der Waals surface area (Å²) in [4.78, 5) is 0. The van der Waals surface area contributed by atoms with Crippen LogP contribution in [0, 0.1) is 0 Å². The zero-order chi connectivity index (χ0) is 16.2. The van der Waals surface area contributed by atoms with E-state index in [0.29, 0.717) is 0 Å². The molecule has 0 saturated heterocycles. The van der Waals surface area contributed by atoms with Gasteiger partial charge in [-0.15, -0.1) is 6.58 Å². The Hall–Kier alpha value is -2.34. The summed E-state index contributed by atoms with van der Waals surface area (Å²) in [6.45, 7) is 24.5. The largest absolute Gasteiger partial charge is 0.103 e. The molecule has 0 spiro atoms. The van der Waals surface area contributed by atoms with Gasteiger partial charge in [0.25, 0.3) is 0 Å². The molecule has 0 aliphatic heterocycles. The molecule has 0 aliphatic rings. The maximum atomic E-state index is 3.63. The molecule has 0 nitrogen and oxygen atoms in total. The fourth-order valence-electron chi connectivity index (χ4n) is 0.589. The summed E-state index contributed by atoms with van der Waals surface area (Å²) in [7, 11) is 0. The molecule has 0 unspecified atom stereocenters. The molecule has 1 rings (SSSR count). The van der Waals surface area contributed by atoms with Gasteiger partial charge in [0.2, 0.25) is 0 Å². The second-order valence-electron chi connectivity index (χ2n) is 3.54. The molecule has 0 bridgehead atoms. The van der Waals surface area contributed by atoms with Crippen LogP contribution in [0.1, 0.15) is 19.4 Å². The van der Waals surface area contributed by atoms with Crippen LogP contribution in [0.3, 0.4) is 0 Å². The molecular weight excluding hydrogens is 240 g/mol. The number of rotatable bonds is 3. The van der Waals surface area contributed by atoms with Crippen LogP contribution in [0.5, 0.6) is 0 Å². The van der Waals surface area contributed by atoms with Crippen LogP contribution in [-0.4, -0.2) is 0 Å². The van der Waals surface area contributed by atoms with Crippen molar-refractivity contribution >= 4 is 6.08 Å². The average Bonchev–Trinajstić information content (AvgIpc) is 2.49. The molecule has 20 heavy (non-hydrogen) atoms. The minimum atomic E-state index is 1.02. The Labute approximate surface area is 125 Å². The van der Waals surface area contributed by atoms with Crippen molar-refractivity contribution in [1.82, 2.24) is 0 Å². The van der Waals surface area contributed by atoms with Crippen molar-refractivity contribution in [3.63, 3.8) is 0 Å². The van der Waals surface area contributed by atoms with E-state index in [1.807, 2.05) is 50.3 Å². The molecule has 0 saturated carbocycles. The lowest BCUT2D eigenvalue weighted by molar-refractivity contribution is 1.58. The van der Waals surface area contributed by atoms with Gasteiger partial charge in [-0.2, -0.15) is 0 Å². The van der Waals surface area contributed by atoms with Crippen molar-refractivity contribution in [3.8, 4) is 0 Å². The summed E-state index contributed by atoms with van der Waals surface area (Å²) in [6.07, 6.45) is 8.58. The van der Waals surface area contributed by atoms with Gasteiger partial charge >= 0.3 is 0 Å². The van der Waals surface area contributed by atoms with Gasteiger partial charge in [0, 0.05) is 0 Å². The fraction of sp³-hybridized carbons (Fsp3) is 0.100. The van der Waals surface area contributed by atoms with E-state index in [2.05, 4.69) is 39.5 Å². The first-order valence-corrected chi connectivity index (χ1v) is 6.29. The van der Waals surface area contributed by atoms with Crippen molar-refractivity contribution in [3.05, 3.63) is 105 Å². The van der Waals surface area contributed by atoms with E-state index in [1.54, 1.807) is 24.3 Å². The van der Waals surface area contributed by atoms with Gasteiger partial charge in [-0.05, 0) is 19.4 Å². The van der Waals surface area contributed by atoms with Crippen LogP contribution in [0.25, 0.3) is 6.08 Å². The summed E-state index contributed by atoms with van der Waals surface area (Å²) in [5, 5.41) is 0. The summed E-state index contributed by atoms with van der Waals surface area (Å²) in [6, 6.07) is 10.0. The molecule has 0 amide bonds. The molecule has 0 fully saturated rings. The molecule has 0 heterocycles. The maximum absolute atomic E-state index is 3.63. The van der Waals surface area contributed by atoms with Crippen molar-refractivity contribution in [2.24, 2.45) is 0 Å². The van der Waals surface area contributed by atoms with Crippen molar-refractivity contribution < 1.29 is 0 Å². The van der Waals surface area contributed by atoms with E-state index < -0.39 is 0 Å². The molecule has 108 valence electrons. The first kappa shape index (κ1) is 22.8. The van der Waals surface area contributed by atoms with E-state index in [-0.39, 0.29) is 0 Å². The number of hydrogen-bond acceptors (Lipinski definition) is 0. The molecule has 0 atom stereocenters. The third-order valence-electron chi connectivity index (χ3n) is 1.55. The Bertz CT molecular complexity index is 374. The molecule has 1 aromatic carbocycles. The van der Waals surface area contributed by atoms with Gasteiger partial charge in [0.05, 0.1) is 0 Å². The topological polar surface area (TPSA) is 0 Å². The van der Waals surface area contributed by atoms with Gasteiger partial charge in [0.15, 0.2) is 0 Å². The minimum Gasteiger partial charge on any atom is -0.103 e. The highest BCUT2D eigenvalue weighted by molar-refractivity contribution is 5.45. The normalized spacial score (nSPS) is 6.70. The average molecular weight is 268 g/mol. The van der Waals surface area contributed by atoms with Gasteiger partial charge in [-0.3, -0.25) is 0 Å². The third kappa shape index (κ3) is 29.6. The smallest absolute Gasteiger partial charge is 0.0263 e. The standard InChI is InChI=1S/C8H8.C5H8.C4H6.C3H6/c1-2-8-6-4-3-5-7-8;1-4-5(2)3;1-3-4-2;1-3-2/h2-7H,1H2;4H,1-2H2,3H3;3-4H,1-2H2;3H,1H2,2H3. The summed E-state index contributed by atoms with van der Waals surface area (Å²) in [5.74, 6) is 0.